The molecule has 0 fully saturated rings. The maximum absolute atomic E-state index is 4.67. The molecule has 0 rings (SSSR count). The molecular formula is C30H64N2S4Sn2. The van der Waals surface area contributed by atoms with E-state index in [-0.39, 0.29) is 0 Å². The van der Waals surface area contributed by atoms with Gasteiger partial charge in [0.25, 0.3) is 0 Å². The summed E-state index contributed by atoms with van der Waals surface area (Å²) in [4.78, 5) is 0. The molecule has 2 N–H and O–H groups in total. The molecule has 0 amide bonds. The summed E-state index contributed by atoms with van der Waals surface area (Å²) < 4.78 is 10.9. The fourth-order valence-electron chi connectivity index (χ4n) is 3.94. The molecule has 0 aromatic carbocycles. The van der Waals surface area contributed by atoms with Crippen molar-refractivity contribution in [2.24, 2.45) is 0 Å². The predicted octanol–water partition coefficient (Wildman–Crippen LogP) is 10.4. The zero-order valence-corrected chi connectivity index (χ0v) is 35.2. The summed E-state index contributed by atoms with van der Waals surface area (Å²) in [6.45, 7) is 15.7. The molecule has 0 aromatic heterocycles. The first-order chi connectivity index (χ1) is 18.3. The Labute approximate surface area is 276 Å². The van der Waals surface area contributed by atoms with Gasteiger partial charge in [-0.2, -0.15) is 0 Å². The predicted molar refractivity (Wildman–Crippen MR) is 195 cm³/mol. The molecule has 0 aromatic rings. The van der Waals surface area contributed by atoms with Crippen LogP contribution in [0, 0.1) is 0 Å². The fraction of sp³-hybridized carbons (Fsp3) is 0.933. The molecule has 2 nitrogen and oxygen atoms in total. The molecule has 0 unspecified atom stereocenters. The molecule has 226 valence electrons. The van der Waals surface area contributed by atoms with Crippen molar-refractivity contribution in [1.82, 2.24) is 10.6 Å². The first-order valence-corrected chi connectivity index (χ1v) is 29.6. The second-order valence-electron chi connectivity index (χ2n) is 10.3. The monoisotopic (exact) mass is 820 g/mol. The van der Waals surface area contributed by atoms with Crippen LogP contribution in [-0.4, -0.2) is 61.2 Å². The molecule has 0 radical (unpaired) electrons. The van der Waals surface area contributed by atoms with Gasteiger partial charge in [-0.05, 0) is 12.8 Å². The summed E-state index contributed by atoms with van der Waals surface area (Å²) >= 11 is 17.0. The van der Waals surface area contributed by atoms with E-state index < -0.39 is 39.5 Å². The van der Waals surface area contributed by atoms with Crippen molar-refractivity contribution >= 4 is 97.9 Å². The van der Waals surface area contributed by atoms with Crippen LogP contribution in [0.1, 0.15) is 131 Å². The van der Waals surface area contributed by atoms with E-state index in [0.717, 1.165) is 25.9 Å². The second-order valence-corrected chi connectivity index (χ2v) is 29.5. The van der Waals surface area contributed by atoms with Crippen molar-refractivity contribution < 1.29 is 0 Å². The van der Waals surface area contributed by atoms with Crippen LogP contribution in [0.15, 0.2) is 0 Å². The van der Waals surface area contributed by atoms with E-state index in [9.17, 15) is 0 Å². The van der Waals surface area contributed by atoms with Crippen LogP contribution in [0.5, 0.6) is 0 Å². The Bertz CT molecular complexity index is 405. The fourth-order valence-corrected chi connectivity index (χ4v) is 23.2. The Morgan fingerprint density at radius 1 is 0.447 bits per heavy atom. The minimum Gasteiger partial charge on any atom is -0.412 e. The van der Waals surface area contributed by atoms with E-state index in [1.807, 2.05) is 0 Å². The van der Waals surface area contributed by atoms with Crippen molar-refractivity contribution in [2.45, 2.75) is 158 Å². The van der Waals surface area contributed by atoms with Crippen molar-refractivity contribution in [2.75, 3.05) is 13.1 Å². The van der Waals surface area contributed by atoms with E-state index in [1.165, 1.54) is 77.0 Å². The summed E-state index contributed by atoms with van der Waals surface area (Å²) in [5.41, 5.74) is 0. The summed E-state index contributed by atoms with van der Waals surface area (Å²) in [6, 6.07) is 0. The van der Waals surface area contributed by atoms with Crippen LogP contribution in [0.4, 0.5) is 0 Å². The van der Waals surface area contributed by atoms with Crippen LogP contribution in [-0.2, 0) is 25.3 Å². The minimum absolute atomic E-state index is 0.432. The van der Waals surface area contributed by atoms with Gasteiger partial charge in [-0.15, -0.1) is 0 Å². The number of rotatable bonds is 23. The molecule has 0 saturated carbocycles. The van der Waals surface area contributed by atoms with Gasteiger partial charge in [-0.25, -0.2) is 0 Å². The van der Waals surface area contributed by atoms with Crippen LogP contribution >= 0.6 is 24.4 Å². The largest absolute Gasteiger partial charge is 0.412 e. The summed E-state index contributed by atoms with van der Waals surface area (Å²) in [6.07, 6.45) is 19.7. The van der Waals surface area contributed by atoms with E-state index in [2.05, 4.69) is 102 Å². The molecule has 0 bridgehead atoms. The SMILES string of the molecule is CCC[CH2][Sn+]([CH2]CCC)[CH2]CCC.CCC[CH2][Sn+]([CH2]CCC)[CH2]CCC.S=C([S-])NCCCCNC(=S)[S-]. The summed E-state index contributed by atoms with van der Waals surface area (Å²) in [7, 11) is 0. The normalized spacial score (nSPS) is 9.95. The molecule has 0 aliphatic heterocycles. The van der Waals surface area contributed by atoms with Gasteiger partial charge in [0.1, 0.15) is 0 Å². The number of hydrogen-bond donors (Lipinski definition) is 2. The van der Waals surface area contributed by atoms with Crippen molar-refractivity contribution in [1.29, 1.82) is 0 Å². The average molecular weight is 819 g/mol. The van der Waals surface area contributed by atoms with Crippen LogP contribution in [0.2, 0.25) is 26.6 Å². The summed E-state index contributed by atoms with van der Waals surface area (Å²) in [5.74, 6) is 0. The van der Waals surface area contributed by atoms with E-state index in [0.29, 0.717) is 8.64 Å². The van der Waals surface area contributed by atoms with Crippen molar-refractivity contribution in [3.8, 4) is 0 Å². The van der Waals surface area contributed by atoms with Gasteiger partial charge in [0, 0.05) is 13.1 Å². The Hall–Kier alpha value is 1.82. The van der Waals surface area contributed by atoms with Crippen LogP contribution in [0.3, 0.4) is 0 Å². The van der Waals surface area contributed by atoms with E-state index in [1.54, 1.807) is 26.6 Å². The molecular weight excluding hydrogens is 754 g/mol. The molecule has 38 heavy (non-hydrogen) atoms. The number of unbranched alkanes of at least 4 members (excludes halogenated alkanes) is 7. The first-order valence-electron chi connectivity index (χ1n) is 15.9. The number of thiocarbonyl (C=S) groups is 2. The topological polar surface area (TPSA) is 24.1 Å². The van der Waals surface area contributed by atoms with Gasteiger partial charge in [-0.1, -0.05) is 8.64 Å². The molecule has 0 saturated heterocycles. The Balaban J connectivity index is -0.000000484. The molecule has 0 aliphatic rings. The van der Waals surface area contributed by atoms with Gasteiger partial charge in [0.2, 0.25) is 0 Å². The van der Waals surface area contributed by atoms with Gasteiger partial charge in [0.05, 0.1) is 0 Å². The molecule has 0 aliphatic carbocycles. The third-order valence-electron chi connectivity index (χ3n) is 6.45. The summed E-state index contributed by atoms with van der Waals surface area (Å²) in [5, 5.41) is 5.79. The maximum atomic E-state index is 4.67. The van der Waals surface area contributed by atoms with Crippen LogP contribution < -0.4 is 10.6 Å². The van der Waals surface area contributed by atoms with Gasteiger partial charge in [0.15, 0.2) is 0 Å². The molecule has 0 spiro atoms. The standard InChI is InChI=1S/C6H12N2S4.6C4H9.2Sn/c9-5(10)7-3-1-2-4-8-6(11)12;6*1-3-4-2;;/h1-4H2,(H2,7,9,10)(H2,8,11,12);6*1,3-4H2,2H3;;/q;;;;;;;2*+1/p-2. The number of hydrogen-bond acceptors (Lipinski definition) is 4. The quantitative estimate of drug-likeness (QED) is 0.0461. The molecule has 8 heteroatoms. The smallest absolute Gasteiger partial charge is 0.0132 e. The second kappa shape index (κ2) is 38.8. The van der Waals surface area contributed by atoms with Gasteiger partial charge >= 0.3 is 185 Å². The first kappa shape index (κ1) is 44.3. The third kappa shape index (κ3) is 42.3. The van der Waals surface area contributed by atoms with E-state index >= 15 is 0 Å². The Morgan fingerprint density at radius 2 is 0.658 bits per heavy atom. The minimum atomic E-state index is -0.839. The molecule has 0 atom stereocenters. The van der Waals surface area contributed by atoms with Crippen LogP contribution in [0.25, 0.3) is 0 Å². The molecule has 0 heterocycles. The Morgan fingerprint density at radius 3 is 0.816 bits per heavy atom. The third-order valence-corrected chi connectivity index (χ3v) is 25.2. The Kier molecular flexibility index (Phi) is 45.2. The van der Waals surface area contributed by atoms with Gasteiger partial charge < -0.3 is 60.3 Å². The zero-order valence-electron chi connectivity index (χ0n) is 26.2. The zero-order chi connectivity index (χ0) is 29.3. The average Bonchev–Trinajstić information content (AvgIpc) is 2.90. The van der Waals surface area contributed by atoms with Crippen molar-refractivity contribution in [3.05, 3.63) is 0 Å². The van der Waals surface area contributed by atoms with Gasteiger partial charge in [-0.3, -0.25) is 0 Å². The maximum Gasteiger partial charge on any atom is 0.0132 e. The number of nitrogens with one attached hydrogen (secondary N) is 2. The van der Waals surface area contributed by atoms with E-state index in [4.69, 9.17) is 0 Å². The van der Waals surface area contributed by atoms with Crippen molar-refractivity contribution in [3.63, 3.8) is 0 Å².